The summed E-state index contributed by atoms with van der Waals surface area (Å²) in [5.41, 5.74) is 0. The average Bonchev–Trinajstić information content (AvgIpc) is 2.22. The lowest BCUT2D eigenvalue weighted by Crippen LogP contribution is -2.56. The van der Waals surface area contributed by atoms with Crippen molar-refractivity contribution in [3.63, 3.8) is 0 Å². The van der Waals surface area contributed by atoms with Crippen molar-refractivity contribution < 1.29 is 19.4 Å². The molecule has 0 saturated carbocycles. The van der Waals surface area contributed by atoms with Gasteiger partial charge in [0.05, 0.1) is 24.7 Å². The van der Waals surface area contributed by atoms with E-state index in [0.29, 0.717) is 6.54 Å². The highest BCUT2D eigenvalue weighted by molar-refractivity contribution is 5.75. The lowest BCUT2D eigenvalue weighted by Gasteiger charge is -2.40. The number of hydrogen-bond donors (Lipinski definition) is 2. The van der Waals surface area contributed by atoms with E-state index >= 15 is 0 Å². The maximum absolute atomic E-state index is 11.8. The molecular weight excluding hydrogens is 224 g/mol. The first kappa shape index (κ1) is 13.8. The zero-order chi connectivity index (χ0) is 13.0. The summed E-state index contributed by atoms with van der Waals surface area (Å²) in [4.78, 5) is 23.9. The number of carbonyl (C=O) groups excluding carboxylic acids is 1. The monoisotopic (exact) mass is 244 g/mol. The molecule has 0 radical (unpaired) electrons. The zero-order valence-corrected chi connectivity index (χ0v) is 10.5. The van der Waals surface area contributed by atoms with Gasteiger partial charge in [-0.25, -0.2) is 4.79 Å². The summed E-state index contributed by atoms with van der Waals surface area (Å²) in [6.07, 6.45) is -0.0642. The van der Waals surface area contributed by atoms with E-state index in [4.69, 9.17) is 9.84 Å². The number of amides is 2. The van der Waals surface area contributed by atoms with Gasteiger partial charge in [0.15, 0.2) is 0 Å². The van der Waals surface area contributed by atoms with E-state index in [1.165, 1.54) is 0 Å². The second-order valence-corrected chi connectivity index (χ2v) is 4.42. The van der Waals surface area contributed by atoms with Crippen LogP contribution in [-0.4, -0.2) is 53.3 Å². The predicted octanol–water partition coefficient (Wildman–Crippen LogP) is 0.668. The van der Waals surface area contributed by atoms with Gasteiger partial charge in [-0.05, 0) is 20.8 Å². The summed E-state index contributed by atoms with van der Waals surface area (Å²) in [6.45, 7) is 6.45. The van der Waals surface area contributed by atoms with Crippen LogP contribution >= 0.6 is 0 Å². The van der Waals surface area contributed by atoms with Crippen molar-refractivity contribution in [3.8, 4) is 0 Å². The lowest BCUT2D eigenvalue weighted by molar-refractivity contribution is -0.136. The Hall–Kier alpha value is -1.30. The number of rotatable bonds is 3. The molecule has 0 bridgehead atoms. The molecule has 0 aromatic heterocycles. The van der Waals surface area contributed by atoms with Crippen LogP contribution in [0.4, 0.5) is 4.79 Å². The van der Waals surface area contributed by atoms with Gasteiger partial charge >= 0.3 is 12.0 Å². The van der Waals surface area contributed by atoms with Gasteiger partial charge < -0.3 is 20.1 Å². The summed E-state index contributed by atoms with van der Waals surface area (Å²) >= 11 is 0. The summed E-state index contributed by atoms with van der Waals surface area (Å²) in [7, 11) is 0. The molecule has 2 amide bonds. The molecule has 2 N–H and O–H groups in total. The number of nitrogens with one attached hydrogen (secondary N) is 1. The van der Waals surface area contributed by atoms with E-state index in [0.717, 1.165) is 0 Å². The van der Waals surface area contributed by atoms with Crippen LogP contribution in [0.25, 0.3) is 0 Å². The first-order valence-corrected chi connectivity index (χ1v) is 5.83. The largest absolute Gasteiger partial charge is 0.481 e. The number of hydrogen-bond acceptors (Lipinski definition) is 3. The lowest BCUT2D eigenvalue weighted by atomic mass is 10.1. The highest BCUT2D eigenvalue weighted by Crippen LogP contribution is 2.17. The van der Waals surface area contributed by atoms with Crippen molar-refractivity contribution >= 4 is 12.0 Å². The van der Waals surface area contributed by atoms with Crippen LogP contribution in [0.3, 0.4) is 0 Å². The Morgan fingerprint density at radius 3 is 2.65 bits per heavy atom. The number of carboxylic acids is 1. The zero-order valence-electron chi connectivity index (χ0n) is 10.5. The molecule has 3 atom stereocenters. The smallest absolute Gasteiger partial charge is 0.317 e. The van der Waals surface area contributed by atoms with Gasteiger partial charge in [0.25, 0.3) is 0 Å². The Labute approximate surface area is 101 Å². The fraction of sp³-hybridized carbons (Fsp3) is 0.818. The van der Waals surface area contributed by atoms with Crippen molar-refractivity contribution in [3.05, 3.63) is 0 Å². The molecule has 98 valence electrons. The predicted molar refractivity (Wildman–Crippen MR) is 61.8 cm³/mol. The van der Waals surface area contributed by atoms with Gasteiger partial charge in [-0.15, -0.1) is 0 Å². The second kappa shape index (κ2) is 5.86. The second-order valence-electron chi connectivity index (χ2n) is 4.42. The molecule has 0 aromatic rings. The van der Waals surface area contributed by atoms with Crippen molar-refractivity contribution in [2.24, 2.45) is 0 Å². The van der Waals surface area contributed by atoms with E-state index in [9.17, 15) is 9.59 Å². The third-order valence-corrected chi connectivity index (χ3v) is 2.95. The number of carbonyl (C=O) groups is 2. The van der Waals surface area contributed by atoms with Crippen LogP contribution < -0.4 is 5.32 Å². The molecule has 1 heterocycles. The van der Waals surface area contributed by atoms with Crippen molar-refractivity contribution in [1.29, 1.82) is 0 Å². The third-order valence-electron chi connectivity index (χ3n) is 2.95. The highest BCUT2D eigenvalue weighted by Gasteiger charge is 2.32. The Kier molecular flexibility index (Phi) is 4.74. The number of nitrogens with zero attached hydrogens (tertiary/aromatic N) is 1. The van der Waals surface area contributed by atoms with Gasteiger partial charge in [0, 0.05) is 13.1 Å². The number of aliphatic carboxylic acids is 1. The van der Waals surface area contributed by atoms with Gasteiger partial charge in [0.1, 0.15) is 0 Å². The first-order chi connectivity index (χ1) is 7.91. The van der Waals surface area contributed by atoms with Gasteiger partial charge in [-0.3, -0.25) is 4.79 Å². The van der Waals surface area contributed by atoms with Crippen LogP contribution in [-0.2, 0) is 9.53 Å². The van der Waals surface area contributed by atoms with Gasteiger partial charge in [-0.1, -0.05) is 0 Å². The van der Waals surface area contributed by atoms with Crippen LogP contribution in [0.2, 0.25) is 0 Å². The van der Waals surface area contributed by atoms with Crippen LogP contribution in [0.15, 0.2) is 0 Å². The molecule has 1 rings (SSSR count). The maximum Gasteiger partial charge on any atom is 0.317 e. The minimum Gasteiger partial charge on any atom is -0.481 e. The molecular formula is C11H20N2O4. The standard InChI is InChI=1S/C11H20N2O4/c1-7-6-13(8(2)9(3)17-7)11(16)12-5-4-10(14)15/h7-9H,4-6H2,1-3H3,(H,12,16)(H,14,15). The Bertz CT molecular complexity index is 295. The summed E-state index contributed by atoms with van der Waals surface area (Å²) in [5.74, 6) is -0.915. The Balaban J connectivity index is 2.46. The van der Waals surface area contributed by atoms with E-state index in [1.807, 2.05) is 20.8 Å². The summed E-state index contributed by atoms with van der Waals surface area (Å²) in [5, 5.41) is 11.1. The minimum absolute atomic E-state index is 0.00368. The normalized spacial score (nSPS) is 28.9. The molecule has 1 saturated heterocycles. The molecule has 6 heteroatoms. The summed E-state index contributed by atoms with van der Waals surface area (Å²) in [6, 6.07) is -0.225. The number of morpholine rings is 1. The number of carboxylic acid groups (broad SMARTS) is 1. The molecule has 0 spiro atoms. The maximum atomic E-state index is 11.8. The van der Waals surface area contributed by atoms with Crippen LogP contribution in [0.1, 0.15) is 27.2 Å². The highest BCUT2D eigenvalue weighted by atomic mass is 16.5. The molecule has 6 nitrogen and oxygen atoms in total. The van der Waals surface area contributed by atoms with E-state index in [1.54, 1.807) is 4.90 Å². The molecule has 17 heavy (non-hydrogen) atoms. The molecule has 1 aliphatic rings. The van der Waals surface area contributed by atoms with Gasteiger partial charge in [0.2, 0.25) is 0 Å². The van der Waals surface area contributed by atoms with E-state index in [-0.39, 0.29) is 37.2 Å². The molecule has 1 fully saturated rings. The SMILES string of the molecule is CC1CN(C(=O)NCCC(=O)O)C(C)C(C)O1. The number of urea groups is 1. The fourth-order valence-corrected chi connectivity index (χ4v) is 1.87. The molecule has 0 aliphatic carbocycles. The minimum atomic E-state index is -0.915. The quantitative estimate of drug-likeness (QED) is 0.764. The molecule has 3 unspecified atom stereocenters. The number of ether oxygens (including phenoxy) is 1. The molecule has 1 aliphatic heterocycles. The van der Waals surface area contributed by atoms with E-state index in [2.05, 4.69) is 5.32 Å². The van der Waals surface area contributed by atoms with Crippen LogP contribution in [0, 0.1) is 0 Å². The van der Waals surface area contributed by atoms with Crippen molar-refractivity contribution in [1.82, 2.24) is 10.2 Å². The van der Waals surface area contributed by atoms with Gasteiger partial charge in [-0.2, -0.15) is 0 Å². The fourth-order valence-electron chi connectivity index (χ4n) is 1.87. The van der Waals surface area contributed by atoms with Crippen molar-refractivity contribution in [2.75, 3.05) is 13.1 Å². The third kappa shape index (κ3) is 3.89. The van der Waals surface area contributed by atoms with Crippen LogP contribution in [0.5, 0.6) is 0 Å². The Morgan fingerprint density at radius 1 is 1.41 bits per heavy atom. The Morgan fingerprint density at radius 2 is 2.06 bits per heavy atom. The van der Waals surface area contributed by atoms with Crippen molar-refractivity contribution in [2.45, 2.75) is 45.4 Å². The first-order valence-electron chi connectivity index (χ1n) is 5.83. The van der Waals surface area contributed by atoms with E-state index < -0.39 is 5.97 Å². The average molecular weight is 244 g/mol. The summed E-state index contributed by atoms with van der Waals surface area (Å²) < 4.78 is 5.61. The topological polar surface area (TPSA) is 78.9 Å². The molecule has 0 aromatic carbocycles.